The average Bonchev–Trinajstić information content (AvgIpc) is 3.10. The van der Waals surface area contributed by atoms with Gasteiger partial charge in [-0.3, -0.25) is 0 Å². The van der Waals surface area contributed by atoms with Gasteiger partial charge in [0, 0.05) is 12.1 Å². The van der Waals surface area contributed by atoms with Crippen LogP contribution in [0.2, 0.25) is 0 Å². The Morgan fingerprint density at radius 2 is 1.78 bits per heavy atom. The van der Waals surface area contributed by atoms with E-state index in [1.807, 2.05) is 0 Å². The minimum absolute atomic E-state index is 0.118. The molecule has 6 heteroatoms. The summed E-state index contributed by atoms with van der Waals surface area (Å²) in [7, 11) is 0. The molecule has 1 atom stereocenters. The summed E-state index contributed by atoms with van der Waals surface area (Å²) in [6.45, 7) is -0.351. The van der Waals surface area contributed by atoms with Crippen molar-refractivity contribution in [3.8, 4) is 5.75 Å². The van der Waals surface area contributed by atoms with Crippen molar-refractivity contribution in [3.63, 3.8) is 0 Å². The molecule has 2 nitrogen and oxygen atoms in total. The summed E-state index contributed by atoms with van der Waals surface area (Å²) in [5.41, 5.74) is 3.34. The van der Waals surface area contributed by atoms with E-state index in [4.69, 9.17) is 5.73 Å². The summed E-state index contributed by atoms with van der Waals surface area (Å²) < 4.78 is 55.3. The highest BCUT2D eigenvalue weighted by molar-refractivity contribution is 5.40. The third-order valence-electron chi connectivity index (χ3n) is 3.08. The Hall–Kier alpha value is -1.30. The van der Waals surface area contributed by atoms with Gasteiger partial charge in [-0.2, -0.15) is 0 Å². The number of halogens is 4. The van der Waals surface area contributed by atoms with Crippen molar-refractivity contribution in [3.05, 3.63) is 29.8 Å². The molecule has 2 N–H and O–H groups in total. The Kier molecular flexibility index (Phi) is 3.23. The lowest BCUT2D eigenvalue weighted by Crippen LogP contribution is -2.34. The van der Waals surface area contributed by atoms with Gasteiger partial charge in [0.15, 0.2) is 5.67 Å². The summed E-state index contributed by atoms with van der Waals surface area (Å²) in [4.78, 5) is 0. The van der Waals surface area contributed by atoms with Crippen LogP contribution in [0.3, 0.4) is 0 Å². The second-order valence-electron chi connectivity index (χ2n) is 4.38. The fourth-order valence-electron chi connectivity index (χ4n) is 2.06. The summed E-state index contributed by atoms with van der Waals surface area (Å²) >= 11 is 0. The van der Waals surface area contributed by atoms with Crippen LogP contribution in [0, 0.1) is 5.92 Å². The van der Waals surface area contributed by atoms with Gasteiger partial charge < -0.3 is 10.5 Å². The number of benzene rings is 1. The smallest absolute Gasteiger partial charge is 0.405 e. The molecule has 100 valence electrons. The van der Waals surface area contributed by atoms with Crippen molar-refractivity contribution in [1.29, 1.82) is 0 Å². The molecular formula is C12H13F4NO. The summed E-state index contributed by atoms with van der Waals surface area (Å²) in [6.07, 6.45) is -3.57. The van der Waals surface area contributed by atoms with Gasteiger partial charge in [0.05, 0.1) is 0 Å². The van der Waals surface area contributed by atoms with Gasteiger partial charge in [-0.25, -0.2) is 4.39 Å². The highest BCUT2D eigenvalue weighted by Gasteiger charge is 2.48. The normalized spacial score (nSPS) is 19.4. The van der Waals surface area contributed by atoms with E-state index in [0.717, 1.165) is 6.07 Å². The first kappa shape index (κ1) is 13.1. The van der Waals surface area contributed by atoms with Crippen LogP contribution in [0.15, 0.2) is 24.3 Å². The van der Waals surface area contributed by atoms with E-state index in [-0.39, 0.29) is 18.0 Å². The van der Waals surface area contributed by atoms with Crippen LogP contribution in [0.1, 0.15) is 18.4 Å². The monoisotopic (exact) mass is 263 g/mol. The Morgan fingerprint density at radius 1 is 1.17 bits per heavy atom. The molecule has 1 aliphatic rings. The molecule has 0 aromatic heterocycles. The van der Waals surface area contributed by atoms with Crippen molar-refractivity contribution < 1.29 is 22.3 Å². The van der Waals surface area contributed by atoms with Gasteiger partial charge in [-0.1, -0.05) is 18.2 Å². The first-order chi connectivity index (χ1) is 8.37. The van der Waals surface area contributed by atoms with Crippen molar-refractivity contribution in [2.45, 2.75) is 24.9 Å². The highest BCUT2D eigenvalue weighted by Crippen LogP contribution is 2.50. The maximum atomic E-state index is 14.7. The van der Waals surface area contributed by atoms with E-state index in [1.165, 1.54) is 18.2 Å². The third kappa shape index (κ3) is 2.58. The molecular weight excluding hydrogens is 250 g/mol. The Labute approximate surface area is 102 Å². The molecule has 0 amide bonds. The first-order valence-corrected chi connectivity index (χ1v) is 5.61. The number of para-hydroxylation sites is 1. The van der Waals surface area contributed by atoms with Crippen LogP contribution in [0.25, 0.3) is 0 Å². The summed E-state index contributed by atoms with van der Waals surface area (Å²) in [5, 5.41) is 0. The minimum atomic E-state index is -4.84. The molecule has 0 radical (unpaired) electrons. The van der Waals surface area contributed by atoms with Crippen molar-refractivity contribution in [2.75, 3.05) is 6.54 Å². The van der Waals surface area contributed by atoms with Crippen molar-refractivity contribution in [1.82, 2.24) is 0 Å². The van der Waals surface area contributed by atoms with E-state index in [0.29, 0.717) is 12.8 Å². The standard InChI is InChI=1S/C12H13F4NO/c13-11(7-17,8-5-6-8)9-3-1-2-4-10(9)18-12(14,15)16/h1-4,8H,5-7,17H2. The van der Waals surface area contributed by atoms with Crippen LogP contribution in [-0.2, 0) is 5.67 Å². The molecule has 0 heterocycles. The summed E-state index contributed by atoms with van der Waals surface area (Å²) in [6, 6.07) is 5.25. The molecule has 2 rings (SSSR count). The molecule has 0 bridgehead atoms. The van der Waals surface area contributed by atoms with E-state index >= 15 is 0 Å². The SMILES string of the molecule is NCC(F)(c1ccccc1OC(F)(F)F)C1CC1. The van der Waals surface area contributed by atoms with Crippen LogP contribution in [-0.4, -0.2) is 12.9 Å². The molecule has 1 fully saturated rings. The maximum Gasteiger partial charge on any atom is 0.573 e. The second kappa shape index (κ2) is 4.42. The lowest BCUT2D eigenvalue weighted by molar-refractivity contribution is -0.275. The number of nitrogens with two attached hydrogens (primary N) is 1. The van der Waals surface area contributed by atoms with Crippen LogP contribution < -0.4 is 10.5 Å². The average molecular weight is 263 g/mol. The third-order valence-corrected chi connectivity index (χ3v) is 3.08. The van der Waals surface area contributed by atoms with Crippen LogP contribution in [0.4, 0.5) is 17.6 Å². The number of ether oxygens (including phenoxy) is 1. The maximum absolute atomic E-state index is 14.7. The Bertz CT molecular complexity index is 430. The molecule has 1 saturated carbocycles. The van der Waals surface area contributed by atoms with E-state index in [9.17, 15) is 17.6 Å². The number of hydrogen-bond donors (Lipinski definition) is 1. The first-order valence-electron chi connectivity index (χ1n) is 5.61. The fraction of sp³-hybridized carbons (Fsp3) is 0.500. The van der Waals surface area contributed by atoms with Crippen molar-refractivity contribution in [2.24, 2.45) is 11.7 Å². The quantitative estimate of drug-likeness (QED) is 0.847. The highest BCUT2D eigenvalue weighted by atomic mass is 19.4. The molecule has 0 saturated heterocycles. The fourth-order valence-corrected chi connectivity index (χ4v) is 2.06. The topological polar surface area (TPSA) is 35.2 Å². The number of alkyl halides is 4. The predicted molar refractivity (Wildman–Crippen MR) is 57.7 cm³/mol. The van der Waals surface area contributed by atoms with Gasteiger partial charge in [-0.15, -0.1) is 13.2 Å². The van der Waals surface area contributed by atoms with Crippen LogP contribution in [0.5, 0.6) is 5.75 Å². The van der Waals surface area contributed by atoms with Gasteiger partial charge in [0.25, 0.3) is 0 Å². The Morgan fingerprint density at radius 3 is 2.28 bits per heavy atom. The number of hydrogen-bond acceptors (Lipinski definition) is 2. The minimum Gasteiger partial charge on any atom is -0.405 e. The zero-order valence-electron chi connectivity index (χ0n) is 9.51. The number of rotatable bonds is 4. The zero-order chi connectivity index (χ0) is 13.4. The van der Waals surface area contributed by atoms with Crippen molar-refractivity contribution >= 4 is 0 Å². The lowest BCUT2D eigenvalue weighted by atomic mass is 9.90. The second-order valence-corrected chi connectivity index (χ2v) is 4.38. The Balaban J connectivity index is 2.37. The molecule has 0 aliphatic heterocycles. The zero-order valence-corrected chi connectivity index (χ0v) is 9.51. The van der Waals surface area contributed by atoms with Gasteiger partial charge in [0.1, 0.15) is 5.75 Å². The van der Waals surface area contributed by atoms with Gasteiger partial charge >= 0.3 is 6.36 Å². The van der Waals surface area contributed by atoms with E-state index in [1.54, 1.807) is 0 Å². The van der Waals surface area contributed by atoms with Gasteiger partial charge in [-0.05, 0) is 24.8 Å². The molecule has 18 heavy (non-hydrogen) atoms. The van der Waals surface area contributed by atoms with Crippen LogP contribution >= 0.6 is 0 Å². The van der Waals surface area contributed by atoms with Gasteiger partial charge in [0.2, 0.25) is 0 Å². The molecule has 0 spiro atoms. The molecule has 1 aromatic carbocycles. The van der Waals surface area contributed by atoms with E-state index in [2.05, 4.69) is 4.74 Å². The predicted octanol–water partition coefficient (Wildman–Crippen LogP) is 3.12. The summed E-state index contributed by atoms with van der Waals surface area (Å²) in [5.74, 6) is -0.828. The molecule has 1 aliphatic carbocycles. The van der Waals surface area contributed by atoms with E-state index < -0.39 is 17.8 Å². The lowest BCUT2D eigenvalue weighted by Gasteiger charge is -2.26. The molecule has 1 unspecified atom stereocenters. The molecule has 1 aromatic rings. The largest absolute Gasteiger partial charge is 0.573 e.